The number of pyridine rings is 1. The van der Waals surface area contributed by atoms with E-state index in [4.69, 9.17) is 9.47 Å². The Bertz CT molecular complexity index is 1780. The summed E-state index contributed by atoms with van der Waals surface area (Å²) in [6.07, 6.45) is 4.73. The molecule has 0 bridgehead atoms. The molecule has 3 fully saturated rings. The van der Waals surface area contributed by atoms with Crippen LogP contribution < -0.4 is 24.8 Å². The summed E-state index contributed by atoms with van der Waals surface area (Å²) >= 11 is 0. The van der Waals surface area contributed by atoms with E-state index >= 15 is 0 Å². The van der Waals surface area contributed by atoms with E-state index in [9.17, 15) is 32.7 Å². The van der Waals surface area contributed by atoms with Gasteiger partial charge in [-0.15, -0.1) is 0 Å². The number of amides is 4. The van der Waals surface area contributed by atoms with Gasteiger partial charge in [-0.2, -0.15) is 4.98 Å². The molecule has 14 nitrogen and oxygen atoms in total. The number of benzene rings is 1. The number of sulfonamides is 1. The van der Waals surface area contributed by atoms with Crippen molar-refractivity contribution >= 4 is 44.6 Å². The monoisotopic (exact) mass is 697 g/mol. The van der Waals surface area contributed by atoms with Crippen molar-refractivity contribution in [2.24, 2.45) is 17.8 Å². The van der Waals surface area contributed by atoms with Gasteiger partial charge in [0.15, 0.2) is 0 Å². The van der Waals surface area contributed by atoms with Gasteiger partial charge in [-0.05, 0) is 61.8 Å². The van der Waals surface area contributed by atoms with E-state index in [-0.39, 0.29) is 31.2 Å². The molecule has 3 heterocycles. The molecule has 49 heavy (non-hydrogen) atoms. The molecule has 6 rings (SSSR count). The number of carbonyl (C=O) groups is 4. The van der Waals surface area contributed by atoms with E-state index in [1.165, 1.54) is 12.0 Å². The van der Waals surface area contributed by atoms with Gasteiger partial charge in [-0.1, -0.05) is 44.2 Å². The molecule has 0 radical (unpaired) electrons. The number of hydrogen-bond acceptors (Lipinski definition) is 9. The third-order valence-corrected chi connectivity index (χ3v) is 11.9. The molecule has 2 saturated carbocycles. The van der Waals surface area contributed by atoms with E-state index in [0.717, 1.165) is 11.8 Å². The van der Waals surface area contributed by atoms with Gasteiger partial charge in [-0.25, -0.2) is 13.2 Å². The lowest BCUT2D eigenvalue weighted by Gasteiger charge is -2.32. The molecular weight excluding hydrogens is 654 g/mol. The van der Waals surface area contributed by atoms with Crippen molar-refractivity contribution in [3.05, 3.63) is 42.5 Å². The number of ether oxygens (including phenoxy) is 2. The second kappa shape index (κ2) is 13.5. The zero-order valence-corrected chi connectivity index (χ0v) is 28.6. The standard InChI is InChI=1S/C34H43N5O9S/c1-19-8-4-6-10-22-17-34(22,32(42)38-49(45,46)24-12-13-24)37-29(40)26-16-23(18-39(26)31(41)28(20(2)14-19)36-33(43)44)48-30-25-11-7-5-9-21(25)15-27(35-30)47-3/h5-7,9-11,15,19-20,22-24,26,28,36H,4,8,12-14,16-18H2,1-3H3,(H,37,40)(H,38,42)(H,43,44)/b10-6-/t19-,20-,22-,23-,26+,28+,34-/m1/s1. The van der Waals surface area contributed by atoms with Crippen molar-refractivity contribution in [1.29, 1.82) is 0 Å². The molecule has 1 aromatic carbocycles. The first-order valence-corrected chi connectivity index (χ1v) is 18.3. The van der Waals surface area contributed by atoms with Gasteiger partial charge in [0.2, 0.25) is 33.6 Å². The lowest BCUT2D eigenvalue weighted by molar-refractivity contribution is -0.142. The zero-order chi connectivity index (χ0) is 35.1. The first-order valence-electron chi connectivity index (χ1n) is 16.8. The van der Waals surface area contributed by atoms with Crippen molar-refractivity contribution in [2.45, 2.75) is 87.8 Å². The van der Waals surface area contributed by atoms with Crippen LogP contribution >= 0.6 is 0 Å². The Balaban J connectivity index is 1.34. The van der Waals surface area contributed by atoms with Gasteiger partial charge in [0, 0.05) is 23.8 Å². The molecule has 7 atom stereocenters. The highest BCUT2D eigenvalue weighted by Gasteiger charge is 2.62. The quantitative estimate of drug-likeness (QED) is 0.313. The molecule has 1 aromatic heterocycles. The lowest BCUT2D eigenvalue weighted by atomic mass is 9.88. The SMILES string of the molecule is COc1cc2ccccc2c(O[C@@H]2C[C@H]3C(=O)N[C@]4(C(=O)NS(=O)(=O)C5CC5)C[C@H]4/C=C\CC[C@@H](C)C[C@@H](C)[C@H](NC(=O)O)C(=O)N3C2)n1. The smallest absolute Gasteiger partial charge is 0.405 e. The minimum atomic E-state index is -3.90. The molecule has 264 valence electrons. The minimum Gasteiger partial charge on any atom is -0.481 e. The molecule has 2 aromatic rings. The molecule has 2 aliphatic carbocycles. The summed E-state index contributed by atoms with van der Waals surface area (Å²) in [7, 11) is -2.41. The summed E-state index contributed by atoms with van der Waals surface area (Å²) in [6.45, 7) is 3.77. The van der Waals surface area contributed by atoms with Crippen LogP contribution in [0.5, 0.6) is 11.8 Å². The number of carboxylic acid groups (broad SMARTS) is 1. The predicted octanol–water partition coefficient (Wildman–Crippen LogP) is 2.72. The Morgan fingerprint density at radius 1 is 1.12 bits per heavy atom. The number of nitrogens with zero attached hydrogens (tertiary/aromatic N) is 2. The zero-order valence-electron chi connectivity index (χ0n) is 27.8. The predicted molar refractivity (Wildman–Crippen MR) is 178 cm³/mol. The normalized spacial score (nSPS) is 31.3. The molecule has 0 spiro atoms. The average Bonchev–Trinajstić information content (AvgIpc) is 3.98. The average molecular weight is 698 g/mol. The fourth-order valence-electron chi connectivity index (χ4n) is 7.13. The number of fused-ring (bicyclic) bond motifs is 3. The van der Waals surface area contributed by atoms with Crippen LogP contribution in [0.2, 0.25) is 0 Å². The molecule has 0 unspecified atom stereocenters. The first-order chi connectivity index (χ1) is 23.3. The number of methoxy groups -OCH3 is 1. The highest BCUT2D eigenvalue weighted by Crippen LogP contribution is 2.46. The van der Waals surface area contributed by atoms with Crippen LogP contribution in [0.15, 0.2) is 42.5 Å². The van der Waals surface area contributed by atoms with Gasteiger partial charge in [0.25, 0.3) is 5.91 Å². The summed E-state index contributed by atoms with van der Waals surface area (Å²) in [5.41, 5.74) is -1.52. The summed E-state index contributed by atoms with van der Waals surface area (Å²) < 4.78 is 39.5. The third kappa shape index (κ3) is 7.31. The largest absolute Gasteiger partial charge is 0.481 e. The summed E-state index contributed by atoms with van der Waals surface area (Å²) in [4.78, 5) is 59.9. The molecule has 2 aliphatic heterocycles. The third-order valence-electron chi connectivity index (χ3n) is 10.1. The van der Waals surface area contributed by atoms with Crippen LogP contribution in [0.4, 0.5) is 4.79 Å². The number of carbonyl (C=O) groups excluding carboxylic acids is 3. The Hall–Kier alpha value is -4.40. The molecule has 4 aliphatic rings. The number of aromatic nitrogens is 1. The maximum atomic E-state index is 14.3. The van der Waals surface area contributed by atoms with Gasteiger partial charge < -0.3 is 30.1 Å². The molecule has 1 saturated heterocycles. The fourth-order valence-corrected chi connectivity index (χ4v) is 8.49. The Morgan fingerprint density at radius 3 is 2.59 bits per heavy atom. The summed E-state index contributed by atoms with van der Waals surface area (Å²) in [6, 6.07) is 6.85. The van der Waals surface area contributed by atoms with E-state index in [0.29, 0.717) is 36.9 Å². The second-order valence-electron chi connectivity index (χ2n) is 13.9. The Morgan fingerprint density at radius 2 is 1.88 bits per heavy atom. The van der Waals surface area contributed by atoms with E-state index in [1.54, 1.807) is 6.07 Å². The highest BCUT2D eigenvalue weighted by molar-refractivity contribution is 7.91. The summed E-state index contributed by atoms with van der Waals surface area (Å²) in [5.74, 6) is -2.23. The Kier molecular flexibility index (Phi) is 9.48. The maximum Gasteiger partial charge on any atom is 0.405 e. The topological polar surface area (TPSA) is 193 Å². The first kappa shape index (κ1) is 34.5. The Labute approximate surface area is 285 Å². The molecular formula is C34H43N5O9S. The van der Waals surface area contributed by atoms with Gasteiger partial charge in [0.05, 0.1) is 18.9 Å². The summed E-state index contributed by atoms with van der Waals surface area (Å²) in [5, 5.41) is 15.8. The maximum absolute atomic E-state index is 14.3. The fraction of sp³-hybridized carbons (Fsp3) is 0.559. The van der Waals surface area contributed by atoms with Crippen LogP contribution in [0, 0.1) is 17.8 Å². The van der Waals surface area contributed by atoms with Gasteiger partial charge in [0.1, 0.15) is 23.7 Å². The van der Waals surface area contributed by atoms with Crippen molar-refractivity contribution in [3.8, 4) is 11.8 Å². The highest BCUT2D eigenvalue weighted by atomic mass is 32.2. The van der Waals surface area contributed by atoms with Crippen molar-refractivity contribution < 1.29 is 42.2 Å². The van der Waals surface area contributed by atoms with E-state index < -0.39 is 74.7 Å². The van der Waals surface area contributed by atoms with Crippen molar-refractivity contribution in [3.63, 3.8) is 0 Å². The molecule has 15 heteroatoms. The molecule has 4 amide bonds. The lowest BCUT2D eigenvalue weighted by Crippen LogP contribution is -2.59. The van der Waals surface area contributed by atoms with Crippen LogP contribution in [-0.2, 0) is 24.4 Å². The van der Waals surface area contributed by atoms with Crippen LogP contribution in [0.3, 0.4) is 0 Å². The van der Waals surface area contributed by atoms with Gasteiger partial charge in [-0.3, -0.25) is 19.1 Å². The molecule has 4 N–H and O–H groups in total. The number of nitrogens with one attached hydrogen (secondary N) is 3. The van der Waals surface area contributed by atoms with E-state index in [1.807, 2.05) is 50.3 Å². The van der Waals surface area contributed by atoms with Crippen molar-refractivity contribution in [1.82, 2.24) is 25.2 Å². The van der Waals surface area contributed by atoms with Gasteiger partial charge >= 0.3 is 6.09 Å². The number of hydrogen-bond donors (Lipinski definition) is 4. The van der Waals surface area contributed by atoms with Crippen LogP contribution in [0.25, 0.3) is 10.8 Å². The van der Waals surface area contributed by atoms with E-state index in [2.05, 4.69) is 20.3 Å². The second-order valence-corrected chi connectivity index (χ2v) is 15.8. The van der Waals surface area contributed by atoms with Crippen LogP contribution in [0.1, 0.15) is 58.8 Å². The van der Waals surface area contributed by atoms with Crippen LogP contribution in [-0.4, -0.2) is 89.9 Å². The minimum absolute atomic E-state index is 0.00788. The number of rotatable bonds is 7. The number of allylic oxidation sites excluding steroid dienone is 1. The van der Waals surface area contributed by atoms with Crippen molar-refractivity contribution in [2.75, 3.05) is 13.7 Å².